The van der Waals surface area contributed by atoms with Crippen LogP contribution in [0.15, 0.2) is 5.11 Å². The minimum Gasteiger partial charge on any atom is -0.370 e. The number of halogens is 1. The van der Waals surface area contributed by atoms with E-state index in [1.54, 1.807) is 0 Å². The zero-order valence-electron chi connectivity index (χ0n) is 6.11. The third-order valence-corrected chi connectivity index (χ3v) is 0.685. The molecule has 0 atom stereocenters. The van der Waals surface area contributed by atoms with Crippen LogP contribution in [0, 0.1) is 0 Å². The minimum absolute atomic E-state index is 0.0833. The first kappa shape index (κ1) is 13.2. The van der Waals surface area contributed by atoms with Crippen LogP contribution in [0.1, 0.15) is 0 Å². The summed E-state index contributed by atoms with van der Waals surface area (Å²) < 4.78 is 0. The molecule has 12 heavy (non-hydrogen) atoms. The lowest BCUT2D eigenvalue weighted by Crippen LogP contribution is -2.13. The summed E-state index contributed by atoms with van der Waals surface area (Å²) in [5.41, 5.74) is 16.7. The number of rotatable bonds is 3. The molecule has 2 amide bonds. The fraction of sp³-hybridized carbons (Fsp3) is 0.500. The Morgan fingerprint density at radius 1 is 1.42 bits per heavy atom. The van der Waals surface area contributed by atoms with E-state index < -0.39 is 11.8 Å². The van der Waals surface area contributed by atoms with Gasteiger partial charge in [-0.15, -0.1) is 11.6 Å². The second kappa shape index (κ2) is 9.54. The van der Waals surface area contributed by atoms with Crippen LogP contribution in [0.5, 0.6) is 0 Å². The standard InChI is InChI=1S/C2H4ClNO.C2H4N4O/c3-1-2(4)5;3-2(7)1-5-6-4/h1H2,(H2,4,5);1H2,(H2,3,7). The highest BCUT2D eigenvalue weighted by atomic mass is 35.5. The van der Waals surface area contributed by atoms with E-state index in [0.29, 0.717) is 0 Å². The zero-order valence-corrected chi connectivity index (χ0v) is 6.86. The normalized spacial score (nSPS) is 7.08. The first-order chi connectivity index (χ1) is 5.54. The molecular formula is C4H8ClN5O2. The molecule has 0 saturated carbocycles. The summed E-state index contributed by atoms with van der Waals surface area (Å²) in [6.45, 7) is -0.253. The number of alkyl halides is 1. The summed E-state index contributed by atoms with van der Waals surface area (Å²) in [7, 11) is 0. The molecule has 68 valence electrons. The lowest BCUT2D eigenvalue weighted by molar-refractivity contribution is -0.117. The average Bonchev–Trinajstić information content (AvgIpc) is 2.02. The van der Waals surface area contributed by atoms with Gasteiger partial charge in [-0.1, -0.05) is 5.11 Å². The van der Waals surface area contributed by atoms with E-state index in [2.05, 4.69) is 21.5 Å². The van der Waals surface area contributed by atoms with E-state index in [1.165, 1.54) is 0 Å². The van der Waals surface area contributed by atoms with E-state index in [-0.39, 0.29) is 12.4 Å². The van der Waals surface area contributed by atoms with E-state index in [1.807, 2.05) is 0 Å². The van der Waals surface area contributed by atoms with Gasteiger partial charge in [0.15, 0.2) is 0 Å². The number of hydrogen-bond donors (Lipinski definition) is 2. The number of nitrogens with two attached hydrogens (primary N) is 2. The van der Waals surface area contributed by atoms with Crippen LogP contribution < -0.4 is 11.5 Å². The Balaban J connectivity index is 0. The van der Waals surface area contributed by atoms with Crippen molar-refractivity contribution in [2.24, 2.45) is 16.6 Å². The number of hydrogen-bond acceptors (Lipinski definition) is 3. The molecule has 0 aliphatic carbocycles. The lowest BCUT2D eigenvalue weighted by Gasteiger charge is -1.75. The van der Waals surface area contributed by atoms with E-state index in [4.69, 9.17) is 17.1 Å². The van der Waals surface area contributed by atoms with Gasteiger partial charge >= 0.3 is 0 Å². The average molecular weight is 194 g/mol. The van der Waals surface area contributed by atoms with Gasteiger partial charge in [0.05, 0.1) is 0 Å². The summed E-state index contributed by atoms with van der Waals surface area (Å²) in [5, 5.41) is 2.88. The summed E-state index contributed by atoms with van der Waals surface area (Å²) in [6, 6.07) is 0. The maximum atomic E-state index is 9.72. The highest BCUT2D eigenvalue weighted by molar-refractivity contribution is 6.27. The molecule has 4 N–H and O–H groups in total. The van der Waals surface area contributed by atoms with Crippen LogP contribution >= 0.6 is 11.6 Å². The Morgan fingerprint density at radius 2 is 1.83 bits per heavy atom. The summed E-state index contributed by atoms with van der Waals surface area (Å²) in [4.78, 5) is 21.5. The van der Waals surface area contributed by atoms with Gasteiger partial charge in [-0.2, -0.15) is 0 Å². The highest BCUT2D eigenvalue weighted by Gasteiger charge is 1.83. The molecule has 0 aliphatic rings. The summed E-state index contributed by atoms with van der Waals surface area (Å²) in [6.07, 6.45) is 0. The van der Waals surface area contributed by atoms with Crippen molar-refractivity contribution in [1.82, 2.24) is 0 Å². The Kier molecular flexibility index (Phi) is 10.5. The maximum Gasteiger partial charge on any atom is 0.232 e. The van der Waals surface area contributed by atoms with Crippen LogP contribution in [-0.4, -0.2) is 24.2 Å². The topological polar surface area (TPSA) is 135 Å². The monoisotopic (exact) mass is 193 g/mol. The van der Waals surface area contributed by atoms with Gasteiger partial charge < -0.3 is 11.5 Å². The van der Waals surface area contributed by atoms with Crippen molar-refractivity contribution in [2.75, 3.05) is 12.4 Å². The van der Waals surface area contributed by atoms with Crippen molar-refractivity contribution < 1.29 is 9.59 Å². The lowest BCUT2D eigenvalue weighted by atomic mass is 10.7. The molecule has 0 unspecified atom stereocenters. The van der Waals surface area contributed by atoms with Crippen molar-refractivity contribution in [3.63, 3.8) is 0 Å². The van der Waals surface area contributed by atoms with Crippen LogP contribution in [0.2, 0.25) is 0 Å². The quantitative estimate of drug-likeness (QED) is 0.270. The third-order valence-electron chi connectivity index (χ3n) is 0.421. The summed E-state index contributed by atoms with van der Waals surface area (Å²) in [5.74, 6) is -1.18. The Hall–Kier alpha value is -1.46. The molecule has 0 aromatic rings. The number of carbonyl (C=O) groups is 2. The van der Waals surface area contributed by atoms with E-state index in [9.17, 15) is 9.59 Å². The Morgan fingerprint density at radius 3 is 1.92 bits per heavy atom. The molecule has 0 rings (SSSR count). The summed E-state index contributed by atoms with van der Waals surface area (Å²) >= 11 is 4.86. The molecule has 8 heteroatoms. The van der Waals surface area contributed by atoms with E-state index >= 15 is 0 Å². The van der Waals surface area contributed by atoms with Gasteiger partial charge in [-0.25, -0.2) is 0 Å². The molecule has 0 aromatic heterocycles. The molecular weight excluding hydrogens is 186 g/mol. The second-order valence-electron chi connectivity index (χ2n) is 1.46. The minimum atomic E-state index is -0.613. The number of primary amides is 2. The predicted molar refractivity (Wildman–Crippen MR) is 43.1 cm³/mol. The van der Waals surface area contributed by atoms with E-state index in [0.717, 1.165) is 0 Å². The molecule has 7 nitrogen and oxygen atoms in total. The fourth-order valence-electron chi connectivity index (χ4n) is 0.101. The van der Waals surface area contributed by atoms with Gasteiger partial charge in [-0.3, -0.25) is 9.59 Å². The van der Waals surface area contributed by atoms with Gasteiger partial charge in [0.2, 0.25) is 11.8 Å². The fourth-order valence-corrected chi connectivity index (χ4v) is 0.101. The number of nitrogens with zero attached hydrogens (tertiary/aromatic N) is 3. The Bertz CT molecular complexity index is 200. The van der Waals surface area contributed by atoms with Gasteiger partial charge in [0, 0.05) is 4.91 Å². The Labute approximate surface area is 73.3 Å². The van der Waals surface area contributed by atoms with Crippen LogP contribution in [0.25, 0.3) is 10.4 Å². The van der Waals surface area contributed by atoms with Gasteiger partial charge in [-0.05, 0) is 5.53 Å². The van der Waals surface area contributed by atoms with Crippen molar-refractivity contribution in [1.29, 1.82) is 0 Å². The number of azide groups is 1. The molecule has 0 saturated heterocycles. The van der Waals surface area contributed by atoms with Crippen molar-refractivity contribution >= 4 is 23.4 Å². The van der Waals surface area contributed by atoms with Crippen LogP contribution in [0.4, 0.5) is 0 Å². The zero-order chi connectivity index (χ0) is 9.98. The SMILES string of the molecule is NC(=O)CCl.[N-]=[N+]=NCC(N)=O. The van der Waals surface area contributed by atoms with Crippen molar-refractivity contribution in [3.05, 3.63) is 10.4 Å². The molecule has 0 spiro atoms. The van der Waals surface area contributed by atoms with Gasteiger partial charge in [0.1, 0.15) is 12.4 Å². The third kappa shape index (κ3) is 23.6. The molecule has 0 heterocycles. The first-order valence-corrected chi connectivity index (χ1v) is 3.21. The second-order valence-corrected chi connectivity index (χ2v) is 1.72. The van der Waals surface area contributed by atoms with Crippen LogP contribution in [0.3, 0.4) is 0 Å². The highest BCUT2D eigenvalue weighted by Crippen LogP contribution is 1.65. The number of amides is 2. The molecule has 0 bridgehead atoms. The molecule has 0 aliphatic heterocycles. The molecule has 0 radical (unpaired) electrons. The maximum absolute atomic E-state index is 9.72. The van der Waals surface area contributed by atoms with Gasteiger partial charge in [0.25, 0.3) is 0 Å². The molecule has 0 aromatic carbocycles. The predicted octanol–water partition coefficient (Wildman–Crippen LogP) is -0.508. The number of carbonyl (C=O) groups excluding carboxylic acids is 2. The molecule has 0 fully saturated rings. The van der Waals surface area contributed by atoms with Crippen LogP contribution in [-0.2, 0) is 9.59 Å². The van der Waals surface area contributed by atoms with Crippen molar-refractivity contribution in [2.45, 2.75) is 0 Å². The largest absolute Gasteiger partial charge is 0.370 e. The smallest absolute Gasteiger partial charge is 0.232 e. The first-order valence-electron chi connectivity index (χ1n) is 2.68. The van der Waals surface area contributed by atoms with Crippen molar-refractivity contribution in [3.8, 4) is 0 Å².